The first-order chi connectivity index (χ1) is 9.66. The average Bonchev–Trinajstić information content (AvgIpc) is 2.37. The minimum atomic E-state index is -3.63. The van der Waals surface area contributed by atoms with Crippen LogP contribution < -0.4 is 4.72 Å². The molecule has 0 heterocycles. The molecule has 8 heteroatoms. The van der Waals surface area contributed by atoms with E-state index in [0.717, 1.165) is 16.1 Å². The molecule has 0 aromatic heterocycles. The number of hydrogen-bond acceptors (Lipinski definition) is 4. The summed E-state index contributed by atoms with van der Waals surface area (Å²) >= 11 is 0. The Morgan fingerprint density at radius 1 is 1.19 bits per heavy atom. The van der Waals surface area contributed by atoms with Crippen LogP contribution in [0.1, 0.15) is 5.56 Å². The van der Waals surface area contributed by atoms with Crippen LogP contribution in [0.4, 0.5) is 0 Å². The molecule has 0 atom stereocenters. The number of aryl methyl sites for hydroxylation is 1. The van der Waals surface area contributed by atoms with Crippen molar-refractivity contribution >= 4 is 20.0 Å². The van der Waals surface area contributed by atoms with Gasteiger partial charge in [-0.2, -0.15) is 4.31 Å². The van der Waals surface area contributed by atoms with E-state index in [1.165, 1.54) is 18.2 Å². The SMILES string of the molecule is C=CCN(CCNS(=O)(=O)c1ccc(C)cc1)S(C)(=O)=O. The lowest BCUT2D eigenvalue weighted by molar-refractivity contribution is 0.447. The summed E-state index contributed by atoms with van der Waals surface area (Å²) in [5, 5.41) is 0. The first-order valence-electron chi connectivity index (χ1n) is 6.29. The Labute approximate surface area is 126 Å². The van der Waals surface area contributed by atoms with Gasteiger partial charge in [-0.15, -0.1) is 6.58 Å². The summed E-state index contributed by atoms with van der Waals surface area (Å²) in [4.78, 5) is 0.155. The fourth-order valence-corrected chi connectivity index (χ4v) is 3.46. The van der Waals surface area contributed by atoms with Crippen molar-refractivity contribution in [2.75, 3.05) is 25.9 Å². The zero-order valence-corrected chi connectivity index (χ0v) is 13.7. The van der Waals surface area contributed by atoms with Crippen LogP contribution in [0.5, 0.6) is 0 Å². The molecule has 0 saturated carbocycles. The largest absolute Gasteiger partial charge is 0.240 e. The summed E-state index contributed by atoms with van der Waals surface area (Å²) < 4.78 is 50.6. The van der Waals surface area contributed by atoms with Crippen LogP contribution in [0.15, 0.2) is 41.8 Å². The molecule has 0 bridgehead atoms. The molecule has 6 nitrogen and oxygen atoms in total. The van der Waals surface area contributed by atoms with Crippen molar-refractivity contribution in [2.24, 2.45) is 0 Å². The van der Waals surface area contributed by atoms with E-state index in [2.05, 4.69) is 11.3 Å². The zero-order chi connectivity index (χ0) is 16.1. The average molecular weight is 332 g/mol. The van der Waals surface area contributed by atoms with Crippen molar-refractivity contribution in [2.45, 2.75) is 11.8 Å². The molecule has 0 fully saturated rings. The summed E-state index contributed by atoms with van der Waals surface area (Å²) in [5.74, 6) is 0. The first kappa shape index (κ1) is 17.8. The first-order valence-corrected chi connectivity index (χ1v) is 9.62. The van der Waals surface area contributed by atoms with Crippen LogP contribution in [0.2, 0.25) is 0 Å². The number of nitrogens with one attached hydrogen (secondary N) is 1. The van der Waals surface area contributed by atoms with Gasteiger partial charge in [0, 0.05) is 19.6 Å². The molecule has 0 amide bonds. The van der Waals surface area contributed by atoms with Crippen LogP contribution >= 0.6 is 0 Å². The van der Waals surface area contributed by atoms with Crippen molar-refractivity contribution < 1.29 is 16.8 Å². The summed E-state index contributed by atoms with van der Waals surface area (Å²) in [6.07, 6.45) is 2.53. The lowest BCUT2D eigenvalue weighted by Gasteiger charge is -2.18. The van der Waals surface area contributed by atoms with E-state index in [0.29, 0.717) is 0 Å². The zero-order valence-electron chi connectivity index (χ0n) is 12.1. The van der Waals surface area contributed by atoms with Gasteiger partial charge in [-0.1, -0.05) is 23.8 Å². The third-order valence-corrected chi connectivity index (χ3v) is 5.53. The topological polar surface area (TPSA) is 83.6 Å². The second kappa shape index (κ2) is 7.17. The van der Waals surface area contributed by atoms with Crippen molar-refractivity contribution in [3.8, 4) is 0 Å². The molecule has 1 rings (SSSR count). The lowest BCUT2D eigenvalue weighted by atomic mass is 10.2. The van der Waals surface area contributed by atoms with Gasteiger partial charge in [0.25, 0.3) is 0 Å². The van der Waals surface area contributed by atoms with Crippen molar-refractivity contribution in [3.05, 3.63) is 42.5 Å². The highest BCUT2D eigenvalue weighted by molar-refractivity contribution is 7.89. The molecular formula is C13H20N2O4S2. The monoisotopic (exact) mass is 332 g/mol. The third-order valence-electron chi connectivity index (χ3n) is 2.79. The van der Waals surface area contributed by atoms with E-state index in [-0.39, 0.29) is 24.5 Å². The quantitative estimate of drug-likeness (QED) is 0.711. The highest BCUT2D eigenvalue weighted by Crippen LogP contribution is 2.09. The second-order valence-corrected chi connectivity index (χ2v) is 8.37. The van der Waals surface area contributed by atoms with Gasteiger partial charge in [0.2, 0.25) is 20.0 Å². The number of hydrogen-bond donors (Lipinski definition) is 1. The Hall–Kier alpha value is -1.22. The molecule has 0 aliphatic carbocycles. The standard InChI is InChI=1S/C13H20N2O4S2/c1-4-10-15(20(3,16)17)11-9-14-21(18,19)13-7-5-12(2)6-8-13/h4-8,14H,1,9-11H2,2-3H3. The van der Waals surface area contributed by atoms with Gasteiger partial charge in [-0.3, -0.25) is 0 Å². The fourth-order valence-electron chi connectivity index (χ4n) is 1.64. The fraction of sp³-hybridized carbons (Fsp3) is 0.385. The summed E-state index contributed by atoms with van der Waals surface area (Å²) in [6, 6.07) is 6.43. The molecule has 0 radical (unpaired) electrons. The predicted molar refractivity (Wildman–Crippen MR) is 83.0 cm³/mol. The van der Waals surface area contributed by atoms with E-state index in [9.17, 15) is 16.8 Å². The maximum atomic E-state index is 12.0. The number of sulfonamides is 2. The van der Waals surface area contributed by atoms with Crippen LogP contribution in [0.3, 0.4) is 0 Å². The molecule has 0 unspecified atom stereocenters. The molecule has 0 spiro atoms. The lowest BCUT2D eigenvalue weighted by Crippen LogP contribution is -2.38. The van der Waals surface area contributed by atoms with E-state index in [1.54, 1.807) is 12.1 Å². The Morgan fingerprint density at radius 2 is 1.76 bits per heavy atom. The van der Waals surface area contributed by atoms with E-state index in [1.807, 2.05) is 6.92 Å². The highest BCUT2D eigenvalue weighted by Gasteiger charge is 2.17. The minimum absolute atomic E-state index is 0.00286. The molecule has 1 aromatic rings. The van der Waals surface area contributed by atoms with Crippen LogP contribution in [0.25, 0.3) is 0 Å². The smallest absolute Gasteiger partial charge is 0.212 e. The molecule has 0 saturated heterocycles. The van der Waals surface area contributed by atoms with Gasteiger partial charge in [0.15, 0.2) is 0 Å². The second-order valence-electron chi connectivity index (χ2n) is 4.62. The molecular weight excluding hydrogens is 312 g/mol. The molecule has 21 heavy (non-hydrogen) atoms. The molecule has 0 aliphatic rings. The summed E-state index contributed by atoms with van der Waals surface area (Å²) in [6.45, 7) is 5.54. The third kappa shape index (κ3) is 5.58. The van der Waals surface area contributed by atoms with Gasteiger partial charge in [0.05, 0.1) is 11.2 Å². The molecule has 1 N–H and O–H groups in total. The van der Waals surface area contributed by atoms with Gasteiger partial charge in [-0.05, 0) is 19.1 Å². The highest BCUT2D eigenvalue weighted by atomic mass is 32.2. The Kier molecular flexibility index (Phi) is 6.09. The normalized spacial score (nSPS) is 12.5. The van der Waals surface area contributed by atoms with Crippen LogP contribution in [0, 0.1) is 6.92 Å². The Bertz CT molecular complexity index is 679. The van der Waals surface area contributed by atoms with Crippen molar-refractivity contribution in [1.82, 2.24) is 9.03 Å². The summed E-state index contributed by atoms with van der Waals surface area (Å²) in [7, 11) is -7.02. The molecule has 0 aliphatic heterocycles. The Balaban J connectivity index is 2.69. The predicted octanol–water partition coefficient (Wildman–Crippen LogP) is 0.721. The van der Waals surface area contributed by atoms with Crippen LogP contribution in [-0.4, -0.2) is 47.0 Å². The van der Waals surface area contributed by atoms with Gasteiger partial charge in [-0.25, -0.2) is 21.6 Å². The van der Waals surface area contributed by atoms with E-state index in [4.69, 9.17) is 0 Å². The maximum absolute atomic E-state index is 12.0. The van der Waals surface area contributed by atoms with Gasteiger partial charge < -0.3 is 0 Å². The maximum Gasteiger partial charge on any atom is 0.240 e. The number of nitrogens with zero attached hydrogens (tertiary/aromatic N) is 1. The molecule has 1 aromatic carbocycles. The van der Waals surface area contributed by atoms with E-state index < -0.39 is 20.0 Å². The van der Waals surface area contributed by atoms with Crippen molar-refractivity contribution in [1.29, 1.82) is 0 Å². The molecule has 118 valence electrons. The van der Waals surface area contributed by atoms with E-state index >= 15 is 0 Å². The number of benzene rings is 1. The van der Waals surface area contributed by atoms with Crippen LogP contribution in [-0.2, 0) is 20.0 Å². The minimum Gasteiger partial charge on any atom is -0.212 e. The van der Waals surface area contributed by atoms with Gasteiger partial charge >= 0.3 is 0 Å². The Morgan fingerprint density at radius 3 is 2.24 bits per heavy atom. The number of rotatable bonds is 8. The van der Waals surface area contributed by atoms with Crippen molar-refractivity contribution in [3.63, 3.8) is 0 Å². The summed E-state index contributed by atoms with van der Waals surface area (Å²) in [5.41, 5.74) is 0.961. The van der Waals surface area contributed by atoms with Gasteiger partial charge in [0.1, 0.15) is 0 Å².